The Morgan fingerprint density at radius 3 is 3.12 bits per heavy atom. The highest BCUT2D eigenvalue weighted by molar-refractivity contribution is 7.80. The van der Waals surface area contributed by atoms with Crippen molar-refractivity contribution < 1.29 is 0 Å². The summed E-state index contributed by atoms with van der Waals surface area (Å²) in [7, 11) is 0. The Balaban J connectivity index is 2.34. The summed E-state index contributed by atoms with van der Waals surface area (Å²) in [5.41, 5.74) is 7.62. The van der Waals surface area contributed by atoms with Gasteiger partial charge in [-0.2, -0.15) is 0 Å². The number of anilines is 1. The zero-order valence-corrected chi connectivity index (χ0v) is 11.0. The number of nitrogens with zero attached hydrogens (tertiary/aromatic N) is 2. The number of nitrogens with two attached hydrogens (primary N) is 1. The molecule has 4 heteroatoms. The lowest BCUT2D eigenvalue weighted by molar-refractivity contribution is 0.449. The molecule has 0 saturated carbocycles. The van der Waals surface area contributed by atoms with Gasteiger partial charge in [-0.3, -0.25) is 4.98 Å². The van der Waals surface area contributed by atoms with Crippen molar-refractivity contribution in [2.75, 3.05) is 11.4 Å². The SMILES string of the molecule is CCC1CCCCN1c1cccnc1C(N)=S. The minimum atomic E-state index is 0.390. The quantitative estimate of drug-likeness (QED) is 0.836. The molecule has 0 amide bonds. The first-order valence-electron chi connectivity index (χ1n) is 6.25. The van der Waals surface area contributed by atoms with E-state index in [9.17, 15) is 0 Å². The fourth-order valence-electron chi connectivity index (χ4n) is 2.56. The molecule has 1 atom stereocenters. The van der Waals surface area contributed by atoms with Crippen LogP contribution in [0.2, 0.25) is 0 Å². The Hall–Kier alpha value is -1.16. The molecule has 0 aliphatic carbocycles. The van der Waals surface area contributed by atoms with E-state index in [0.717, 1.165) is 24.3 Å². The minimum absolute atomic E-state index is 0.390. The largest absolute Gasteiger partial charge is 0.388 e. The highest BCUT2D eigenvalue weighted by Gasteiger charge is 2.23. The number of hydrogen-bond acceptors (Lipinski definition) is 3. The molecule has 0 bridgehead atoms. The molecule has 1 unspecified atom stereocenters. The van der Waals surface area contributed by atoms with Crippen LogP contribution >= 0.6 is 12.2 Å². The van der Waals surface area contributed by atoms with Crippen LogP contribution in [0.15, 0.2) is 18.3 Å². The summed E-state index contributed by atoms with van der Waals surface area (Å²) in [6.07, 6.45) is 6.72. The van der Waals surface area contributed by atoms with Gasteiger partial charge in [-0.25, -0.2) is 0 Å². The van der Waals surface area contributed by atoms with Crippen LogP contribution in [0.25, 0.3) is 0 Å². The summed E-state index contributed by atoms with van der Waals surface area (Å²) < 4.78 is 0. The Bertz CT molecular complexity index is 405. The van der Waals surface area contributed by atoms with Crippen LogP contribution in [0.1, 0.15) is 38.3 Å². The fraction of sp³-hybridized carbons (Fsp3) is 0.538. The summed E-state index contributed by atoms with van der Waals surface area (Å²) in [4.78, 5) is 7.13. The van der Waals surface area contributed by atoms with Crippen molar-refractivity contribution in [3.05, 3.63) is 24.0 Å². The molecule has 92 valence electrons. The molecule has 1 aliphatic rings. The van der Waals surface area contributed by atoms with Gasteiger partial charge in [-0.05, 0) is 37.8 Å². The average molecular weight is 249 g/mol. The fourth-order valence-corrected chi connectivity index (χ4v) is 2.72. The first-order chi connectivity index (χ1) is 8.24. The second-order valence-electron chi connectivity index (χ2n) is 4.49. The van der Waals surface area contributed by atoms with Crippen molar-refractivity contribution in [1.82, 2.24) is 4.98 Å². The third kappa shape index (κ3) is 2.57. The molecule has 1 saturated heterocycles. The maximum atomic E-state index is 5.75. The average Bonchev–Trinajstić information content (AvgIpc) is 2.38. The van der Waals surface area contributed by atoms with E-state index in [-0.39, 0.29) is 0 Å². The topological polar surface area (TPSA) is 42.2 Å². The molecule has 17 heavy (non-hydrogen) atoms. The van der Waals surface area contributed by atoms with Gasteiger partial charge in [0.05, 0.1) is 5.69 Å². The van der Waals surface area contributed by atoms with Crippen molar-refractivity contribution >= 4 is 22.9 Å². The molecule has 1 aromatic heterocycles. The van der Waals surface area contributed by atoms with Crippen LogP contribution in [-0.4, -0.2) is 22.6 Å². The Kier molecular flexibility index (Phi) is 3.94. The van der Waals surface area contributed by atoms with E-state index in [1.165, 1.54) is 19.3 Å². The Labute approximate surface area is 108 Å². The van der Waals surface area contributed by atoms with Gasteiger partial charge in [0.1, 0.15) is 10.7 Å². The van der Waals surface area contributed by atoms with Gasteiger partial charge in [0.25, 0.3) is 0 Å². The first kappa shape index (κ1) is 12.3. The van der Waals surface area contributed by atoms with Crippen LogP contribution in [0, 0.1) is 0 Å². The molecular weight excluding hydrogens is 230 g/mol. The van der Waals surface area contributed by atoms with Crippen LogP contribution in [-0.2, 0) is 0 Å². The molecule has 0 radical (unpaired) electrons. The Morgan fingerprint density at radius 1 is 1.59 bits per heavy atom. The second kappa shape index (κ2) is 5.45. The smallest absolute Gasteiger partial charge is 0.124 e. The third-order valence-electron chi connectivity index (χ3n) is 3.43. The van der Waals surface area contributed by atoms with Crippen LogP contribution in [0.3, 0.4) is 0 Å². The predicted molar refractivity (Wildman–Crippen MR) is 75.4 cm³/mol. The van der Waals surface area contributed by atoms with Crippen molar-refractivity contribution in [2.45, 2.75) is 38.6 Å². The lowest BCUT2D eigenvalue weighted by Gasteiger charge is -2.37. The summed E-state index contributed by atoms with van der Waals surface area (Å²) in [6, 6.07) is 4.63. The van der Waals surface area contributed by atoms with Gasteiger partial charge in [-0.15, -0.1) is 0 Å². The molecule has 1 aromatic rings. The van der Waals surface area contributed by atoms with Crippen molar-refractivity contribution in [3.8, 4) is 0 Å². The van der Waals surface area contributed by atoms with Crippen LogP contribution < -0.4 is 10.6 Å². The first-order valence-corrected chi connectivity index (χ1v) is 6.66. The van der Waals surface area contributed by atoms with E-state index in [0.29, 0.717) is 11.0 Å². The zero-order chi connectivity index (χ0) is 12.3. The van der Waals surface area contributed by atoms with E-state index in [1.54, 1.807) is 6.20 Å². The normalized spacial score (nSPS) is 20.3. The highest BCUT2D eigenvalue weighted by Crippen LogP contribution is 2.28. The summed E-state index contributed by atoms with van der Waals surface area (Å²) in [5.74, 6) is 0. The van der Waals surface area contributed by atoms with E-state index < -0.39 is 0 Å². The summed E-state index contributed by atoms with van der Waals surface area (Å²) in [6.45, 7) is 3.32. The predicted octanol–water partition coefficient (Wildman–Crippen LogP) is 2.48. The standard InChI is InChI=1S/C13H19N3S/c1-2-10-6-3-4-9-16(10)11-7-5-8-15-12(11)13(14)17/h5,7-8,10H,2-4,6,9H2,1H3,(H2,14,17). The van der Waals surface area contributed by atoms with Crippen LogP contribution in [0.5, 0.6) is 0 Å². The van der Waals surface area contributed by atoms with Gasteiger partial charge in [0.15, 0.2) is 0 Å². The second-order valence-corrected chi connectivity index (χ2v) is 4.93. The van der Waals surface area contributed by atoms with E-state index in [1.807, 2.05) is 6.07 Å². The van der Waals surface area contributed by atoms with Crippen molar-refractivity contribution in [2.24, 2.45) is 5.73 Å². The van der Waals surface area contributed by atoms with Gasteiger partial charge < -0.3 is 10.6 Å². The maximum absolute atomic E-state index is 5.75. The van der Waals surface area contributed by atoms with Gasteiger partial charge >= 0.3 is 0 Å². The number of hydrogen-bond donors (Lipinski definition) is 1. The molecule has 1 aliphatic heterocycles. The Morgan fingerprint density at radius 2 is 2.41 bits per heavy atom. The molecule has 1 fully saturated rings. The number of rotatable bonds is 3. The van der Waals surface area contributed by atoms with E-state index in [4.69, 9.17) is 18.0 Å². The van der Waals surface area contributed by atoms with Gasteiger partial charge in [0, 0.05) is 18.8 Å². The molecule has 0 spiro atoms. The summed E-state index contributed by atoms with van der Waals surface area (Å²) >= 11 is 5.08. The van der Waals surface area contributed by atoms with Crippen molar-refractivity contribution in [1.29, 1.82) is 0 Å². The molecule has 2 heterocycles. The highest BCUT2D eigenvalue weighted by atomic mass is 32.1. The molecule has 2 N–H and O–H groups in total. The number of aromatic nitrogens is 1. The monoisotopic (exact) mass is 249 g/mol. The van der Waals surface area contributed by atoms with E-state index in [2.05, 4.69) is 22.9 Å². The summed E-state index contributed by atoms with van der Waals surface area (Å²) in [5, 5.41) is 0. The molecule has 2 rings (SSSR count). The molecule has 0 aromatic carbocycles. The van der Waals surface area contributed by atoms with Crippen LogP contribution in [0.4, 0.5) is 5.69 Å². The van der Waals surface area contributed by atoms with E-state index >= 15 is 0 Å². The zero-order valence-electron chi connectivity index (χ0n) is 10.2. The number of pyridine rings is 1. The third-order valence-corrected chi connectivity index (χ3v) is 3.62. The van der Waals surface area contributed by atoms with Gasteiger partial charge in [-0.1, -0.05) is 19.1 Å². The lowest BCUT2D eigenvalue weighted by atomic mass is 9.99. The van der Waals surface area contributed by atoms with Crippen molar-refractivity contribution in [3.63, 3.8) is 0 Å². The molecular formula is C13H19N3S. The molecule has 3 nitrogen and oxygen atoms in total. The number of thiocarbonyl (C=S) groups is 1. The lowest BCUT2D eigenvalue weighted by Crippen LogP contribution is -2.40. The van der Waals surface area contributed by atoms with Gasteiger partial charge in [0.2, 0.25) is 0 Å². The number of piperidine rings is 1. The minimum Gasteiger partial charge on any atom is -0.388 e. The maximum Gasteiger partial charge on any atom is 0.124 e.